The number of carbonyl (C=O) groups excluding carboxylic acids is 1. The van der Waals surface area contributed by atoms with E-state index in [-0.39, 0.29) is 29.3 Å². The fourth-order valence-corrected chi connectivity index (χ4v) is 6.09. The SMILES string of the molecule is C=C(O)CCc1ccc(-c2c(-c3cn(C)nc3F)[nH]c3ncc4c(c23)n(C2CCCC2)c(=O)n4C)cc1.NC(=O)C1CC1. The Morgan fingerprint density at radius 1 is 1.16 bits per heavy atom. The van der Waals surface area contributed by atoms with E-state index in [9.17, 15) is 14.7 Å². The molecule has 0 unspecified atom stereocenters. The van der Waals surface area contributed by atoms with Gasteiger partial charge in [0.15, 0.2) is 0 Å². The van der Waals surface area contributed by atoms with Gasteiger partial charge in [-0.1, -0.05) is 43.7 Å². The number of pyridine rings is 1. The summed E-state index contributed by atoms with van der Waals surface area (Å²) in [6.07, 6.45) is 10.7. The van der Waals surface area contributed by atoms with Gasteiger partial charge in [-0.3, -0.25) is 18.6 Å². The third-order valence-electron chi connectivity index (χ3n) is 8.54. The van der Waals surface area contributed by atoms with Crippen LogP contribution in [-0.4, -0.2) is 39.9 Å². The van der Waals surface area contributed by atoms with E-state index < -0.39 is 5.95 Å². The standard InChI is InChI=1S/C28H29FN6O2.C4H7NO/c1-16(36)8-9-17-10-12-18(13-11-17)22-23-25-21(34(3)28(37)35(25)19-6-4-5-7-19)14-30-27(23)31-24(22)20-15-33(2)32-26(20)29;5-4(6)3-1-2-3/h10-15,19,36H,1,4-9H2,2-3H3,(H,30,31);3H,1-2H2,(H2,5,6). The number of primary amides is 1. The van der Waals surface area contributed by atoms with E-state index >= 15 is 4.39 Å². The van der Waals surface area contributed by atoms with Gasteiger partial charge in [0.05, 0.1) is 39.6 Å². The molecule has 4 N–H and O–H groups in total. The summed E-state index contributed by atoms with van der Waals surface area (Å²) in [5.74, 6) is -0.316. The van der Waals surface area contributed by atoms with Gasteiger partial charge >= 0.3 is 5.69 Å². The molecule has 2 saturated carbocycles. The first kappa shape index (κ1) is 28.4. The zero-order valence-electron chi connectivity index (χ0n) is 24.4. The average molecular weight is 586 g/mol. The minimum absolute atomic E-state index is 0.0583. The number of allylic oxidation sites excluding steroid dienone is 1. The molecule has 7 rings (SSSR count). The predicted molar refractivity (Wildman–Crippen MR) is 164 cm³/mol. The molecule has 224 valence electrons. The highest BCUT2D eigenvalue weighted by atomic mass is 19.1. The van der Waals surface area contributed by atoms with Gasteiger partial charge in [-0.15, -0.1) is 5.10 Å². The smallest absolute Gasteiger partial charge is 0.329 e. The summed E-state index contributed by atoms with van der Waals surface area (Å²) in [4.78, 5) is 31.5. The molecule has 0 aliphatic heterocycles. The zero-order valence-corrected chi connectivity index (χ0v) is 24.4. The quantitative estimate of drug-likeness (QED) is 0.219. The van der Waals surface area contributed by atoms with Gasteiger partial charge in [0, 0.05) is 44.2 Å². The Balaban J connectivity index is 0.000000491. The van der Waals surface area contributed by atoms with Crippen molar-refractivity contribution < 1.29 is 14.3 Å². The largest absolute Gasteiger partial charge is 0.513 e. The monoisotopic (exact) mass is 585 g/mol. The van der Waals surface area contributed by atoms with Crippen LogP contribution in [0.15, 0.2) is 53.8 Å². The number of aliphatic hydroxyl groups excluding tert-OH is 1. The first-order valence-electron chi connectivity index (χ1n) is 14.7. The third-order valence-corrected chi connectivity index (χ3v) is 8.54. The van der Waals surface area contributed by atoms with Crippen molar-refractivity contribution in [2.24, 2.45) is 25.7 Å². The maximum absolute atomic E-state index is 15.0. The molecule has 4 aromatic heterocycles. The molecule has 0 bridgehead atoms. The molecule has 0 radical (unpaired) electrons. The lowest BCUT2D eigenvalue weighted by Crippen LogP contribution is -2.24. The van der Waals surface area contributed by atoms with Crippen LogP contribution in [0.4, 0.5) is 4.39 Å². The fraction of sp³-hybridized carbons (Fsp3) is 0.375. The molecule has 11 heteroatoms. The molecular weight excluding hydrogens is 549 g/mol. The van der Waals surface area contributed by atoms with Crippen molar-refractivity contribution in [3.05, 3.63) is 71.0 Å². The number of hydrogen-bond acceptors (Lipinski definition) is 5. The van der Waals surface area contributed by atoms with Crippen LogP contribution in [0.1, 0.15) is 56.6 Å². The highest BCUT2D eigenvalue weighted by molar-refractivity contribution is 6.14. The normalized spacial score (nSPS) is 15.2. The summed E-state index contributed by atoms with van der Waals surface area (Å²) in [7, 11) is 3.46. The summed E-state index contributed by atoms with van der Waals surface area (Å²) in [6, 6.07) is 8.12. The van der Waals surface area contributed by atoms with Gasteiger partial charge < -0.3 is 15.8 Å². The zero-order chi connectivity index (χ0) is 30.4. The number of aliphatic hydroxyl groups is 1. The number of halogens is 1. The summed E-state index contributed by atoms with van der Waals surface area (Å²) < 4.78 is 20.0. The Kier molecular flexibility index (Phi) is 7.41. The van der Waals surface area contributed by atoms with Crippen LogP contribution in [0.25, 0.3) is 44.5 Å². The van der Waals surface area contributed by atoms with Crippen molar-refractivity contribution in [1.82, 2.24) is 28.9 Å². The number of hydrogen-bond donors (Lipinski definition) is 3. The summed E-state index contributed by atoms with van der Waals surface area (Å²) >= 11 is 0. The Morgan fingerprint density at radius 2 is 1.86 bits per heavy atom. The van der Waals surface area contributed by atoms with Crippen molar-refractivity contribution in [3.63, 3.8) is 0 Å². The summed E-state index contributed by atoms with van der Waals surface area (Å²) in [5, 5.41) is 14.2. The number of H-pyrrole nitrogens is 1. The topological polar surface area (TPSA) is 137 Å². The molecule has 43 heavy (non-hydrogen) atoms. The molecular formula is C32H36FN7O3. The minimum atomic E-state index is -0.578. The molecule has 0 atom stereocenters. The van der Waals surface area contributed by atoms with Crippen LogP contribution in [0.2, 0.25) is 0 Å². The second-order valence-electron chi connectivity index (χ2n) is 11.7. The molecule has 2 aliphatic rings. The van der Waals surface area contributed by atoms with Crippen molar-refractivity contribution in [3.8, 4) is 22.4 Å². The number of nitrogens with two attached hydrogens (primary N) is 1. The van der Waals surface area contributed by atoms with Crippen molar-refractivity contribution in [1.29, 1.82) is 0 Å². The number of nitrogens with zero attached hydrogens (tertiary/aromatic N) is 5. The van der Waals surface area contributed by atoms with E-state index in [1.807, 2.05) is 28.8 Å². The number of amides is 1. The van der Waals surface area contributed by atoms with Crippen molar-refractivity contribution in [2.75, 3.05) is 0 Å². The van der Waals surface area contributed by atoms with Gasteiger partial charge in [-0.2, -0.15) is 4.39 Å². The molecule has 10 nitrogen and oxygen atoms in total. The third kappa shape index (κ3) is 5.35. The number of nitrogens with one attached hydrogen (secondary N) is 1. The summed E-state index contributed by atoms with van der Waals surface area (Å²) in [5.41, 5.74) is 10.6. The molecule has 2 aliphatic carbocycles. The highest BCUT2D eigenvalue weighted by Gasteiger charge is 2.29. The molecule has 0 spiro atoms. The molecule has 5 aromatic rings. The Hall–Kier alpha value is -4.67. The van der Waals surface area contributed by atoms with Gasteiger partial charge in [-0.25, -0.2) is 9.78 Å². The predicted octanol–water partition coefficient (Wildman–Crippen LogP) is 5.42. The number of imidazole rings is 1. The maximum Gasteiger partial charge on any atom is 0.329 e. The van der Waals surface area contributed by atoms with Crippen LogP contribution in [0, 0.1) is 11.9 Å². The van der Waals surface area contributed by atoms with Crippen LogP contribution < -0.4 is 11.4 Å². The average Bonchev–Trinajstić information content (AvgIpc) is 3.28. The van der Waals surface area contributed by atoms with Crippen molar-refractivity contribution >= 4 is 28.0 Å². The van der Waals surface area contributed by atoms with Crippen LogP contribution in [0.5, 0.6) is 0 Å². The maximum atomic E-state index is 15.0. The van der Waals surface area contributed by atoms with E-state index in [1.165, 1.54) is 4.68 Å². The van der Waals surface area contributed by atoms with Gasteiger partial charge in [0.2, 0.25) is 11.9 Å². The van der Waals surface area contributed by atoms with E-state index in [0.29, 0.717) is 29.7 Å². The number of aromatic amines is 1. The van der Waals surface area contributed by atoms with Crippen LogP contribution in [0.3, 0.4) is 0 Å². The summed E-state index contributed by atoms with van der Waals surface area (Å²) in [6.45, 7) is 3.57. The number of rotatable bonds is 7. The van der Waals surface area contributed by atoms with Gasteiger partial charge in [-0.05, 0) is 43.2 Å². The minimum Gasteiger partial charge on any atom is -0.513 e. The van der Waals surface area contributed by atoms with Gasteiger partial charge in [0.25, 0.3) is 0 Å². The number of aryl methyl sites for hydroxylation is 3. The Labute approximate surface area is 247 Å². The van der Waals surface area contributed by atoms with Gasteiger partial charge in [0.1, 0.15) is 5.65 Å². The first-order chi connectivity index (χ1) is 20.6. The molecule has 1 aromatic carbocycles. The Bertz CT molecular complexity index is 1900. The van der Waals surface area contributed by atoms with E-state index in [4.69, 9.17) is 5.73 Å². The molecule has 1 amide bonds. The lowest BCUT2D eigenvalue weighted by atomic mass is 9.97. The molecule has 2 fully saturated rings. The number of benzene rings is 1. The second kappa shape index (κ2) is 11.2. The number of carbonyl (C=O) groups is 1. The van der Waals surface area contributed by atoms with Crippen LogP contribution in [-0.2, 0) is 25.3 Å². The number of fused-ring (bicyclic) bond motifs is 3. The van der Waals surface area contributed by atoms with Crippen molar-refractivity contribution in [2.45, 2.75) is 57.4 Å². The lowest BCUT2D eigenvalue weighted by Gasteiger charge is -2.13. The Morgan fingerprint density at radius 3 is 2.42 bits per heavy atom. The first-order valence-corrected chi connectivity index (χ1v) is 14.7. The van der Waals surface area contributed by atoms with Crippen LogP contribution >= 0.6 is 0 Å². The molecule has 0 saturated heterocycles. The van der Waals surface area contributed by atoms with E-state index in [2.05, 4.69) is 21.6 Å². The fourth-order valence-electron chi connectivity index (χ4n) is 6.09. The lowest BCUT2D eigenvalue weighted by molar-refractivity contribution is -0.119. The van der Waals surface area contributed by atoms with E-state index in [1.54, 1.807) is 31.1 Å². The second-order valence-corrected chi connectivity index (χ2v) is 11.7. The number of aromatic nitrogens is 6. The highest BCUT2D eigenvalue weighted by Crippen LogP contribution is 2.43. The molecule has 4 heterocycles. The van der Waals surface area contributed by atoms with E-state index in [0.717, 1.165) is 71.6 Å².